The van der Waals surface area contributed by atoms with E-state index in [4.69, 9.17) is 45.0 Å². The summed E-state index contributed by atoms with van der Waals surface area (Å²) in [5.74, 6) is -6.21. The van der Waals surface area contributed by atoms with Gasteiger partial charge in [-0.15, -0.1) is 0 Å². The summed E-state index contributed by atoms with van der Waals surface area (Å²) in [4.78, 5) is 172. The molecule has 44 heteroatoms. The van der Waals surface area contributed by atoms with Crippen molar-refractivity contribution in [2.24, 2.45) is 11.5 Å². The van der Waals surface area contributed by atoms with Crippen LogP contribution in [0.5, 0.6) is 0 Å². The highest BCUT2D eigenvalue weighted by Gasteiger charge is 2.33. The van der Waals surface area contributed by atoms with Gasteiger partial charge < -0.3 is 68.8 Å². The number of para-hydroxylation sites is 7. The van der Waals surface area contributed by atoms with Crippen molar-refractivity contribution in [2.75, 3.05) is 85.2 Å². The predicted octanol–water partition coefficient (Wildman–Crippen LogP) is 9.55. The van der Waals surface area contributed by atoms with E-state index in [0.717, 1.165) is 20.3 Å². The number of methoxy groups -OCH3 is 10. The first kappa shape index (κ1) is 96.3. The Morgan fingerprint density at radius 1 is 0.354 bits per heavy atom. The lowest BCUT2D eigenvalue weighted by Gasteiger charge is -2.14. The van der Waals surface area contributed by atoms with E-state index in [-0.39, 0.29) is 78.3 Å². The molecule has 7 aromatic rings. The number of nitro benzene ring substituents is 7. The Kier molecular flexibility index (Phi) is 40.8. The summed E-state index contributed by atoms with van der Waals surface area (Å²) >= 11 is 0. The van der Waals surface area contributed by atoms with Crippen LogP contribution >= 0.6 is 0 Å². The fourth-order valence-electron chi connectivity index (χ4n) is 9.34. The molecule has 0 aromatic heterocycles. The summed E-state index contributed by atoms with van der Waals surface area (Å²) in [6, 6.07) is 29.2. The smallest absolute Gasteiger partial charge is 0.344 e. The van der Waals surface area contributed by atoms with Crippen LogP contribution in [0.3, 0.4) is 0 Å². The number of carbonyl (C=O) groups is 9. The van der Waals surface area contributed by atoms with E-state index < -0.39 is 123 Å². The Hall–Kier alpha value is -14.7. The number of primary amides is 2. The van der Waals surface area contributed by atoms with E-state index in [1.54, 1.807) is 62.5 Å². The third-order valence-corrected chi connectivity index (χ3v) is 14.2. The minimum Gasteiger partial charge on any atom is -0.477 e. The molecule has 2 amide bonds. The van der Waals surface area contributed by atoms with Gasteiger partial charge in [0.25, 0.3) is 51.6 Å². The molecule has 0 radical (unpaired) electrons. The van der Waals surface area contributed by atoms with Crippen LogP contribution in [0.1, 0.15) is 140 Å². The maximum atomic E-state index is 11.5. The molecule has 113 heavy (non-hydrogen) atoms. The Bertz CT molecular complexity index is 4610. The van der Waals surface area contributed by atoms with Crippen molar-refractivity contribution in [3.63, 3.8) is 0 Å². The predicted molar refractivity (Wildman–Crippen MR) is 390 cm³/mol. The summed E-state index contributed by atoms with van der Waals surface area (Å²) in [6.07, 6.45) is 1.06. The van der Waals surface area contributed by atoms with Gasteiger partial charge in [0, 0.05) is 62.3 Å². The van der Waals surface area contributed by atoms with Gasteiger partial charge in [-0.2, -0.15) is 0 Å². The first-order valence-corrected chi connectivity index (χ1v) is 30.8. The first-order valence-electron chi connectivity index (χ1n) is 30.8. The molecule has 0 saturated heterocycles. The van der Waals surface area contributed by atoms with Gasteiger partial charge in [-0.1, -0.05) is 48.5 Å². The van der Waals surface area contributed by atoms with Gasteiger partial charge in [-0.3, -0.25) is 90.0 Å². The molecule has 0 spiro atoms. The normalized spacial score (nSPS) is 10.1. The van der Waals surface area contributed by atoms with Crippen LogP contribution in [0, 0.1) is 77.7 Å². The SMILES string of the molecule is COC(=O)c1cccc(/C=C/N(C)C)c1[N+](=O)[O-].COC(=O)c1cccc(C(OC)OC)c1[N+](=O)[O-].COC(=O)c1cccc(C)c1[N+](=O)[O-].COC(=O)c1cccc(C=O)c1[N+](=O)[O-].COC(OC)c1cccc(C(=O)O)c1[N+](=O)[O-].COC(OC)c1cccc(C(N)=O)c1[N+](=O)[O-].NC(=O)c1cccc(C=O)c1[N+](=O)[O-]. The number of nitrogens with two attached hydrogens (primary N) is 2. The number of amides is 2. The zero-order valence-corrected chi connectivity index (χ0v) is 61.8. The minimum atomic E-state index is -1.37. The third-order valence-electron chi connectivity index (χ3n) is 14.2. The first-order chi connectivity index (χ1) is 53.3. The van der Waals surface area contributed by atoms with Crippen molar-refractivity contribution in [3.8, 4) is 0 Å². The molecule has 0 bridgehead atoms. The van der Waals surface area contributed by atoms with Gasteiger partial charge in [-0.05, 0) is 98.1 Å². The second kappa shape index (κ2) is 47.8. The van der Waals surface area contributed by atoms with Crippen LogP contribution in [-0.2, 0) is 47.4 Å². The van der Waals surface area contributed by atoms with Crippen LogP contribution in [0.2, 0.25) is 0 Å². The quantitative estimate of drug-likeness (QED) is 0.0108. The van der Waals surface area contributed by atoms with E-state index in [0.29, 0.717) is 23.7 Å². The van der Waals surface area contributed by atoms with Crippen molar-refractivity contribution in [1.29, 1.82) is 0 Å². The van der Waals surface area contributed by atoms with Crippen molar-refractivity contribution >= 4 is 100 Å². The Morgan fingerprint density at radius 3 is 0.858 bits per heavy atom. The van der Waals surface area contributed by atoms with E-state index in [1.807, 2.05) is 0 Å². The maximum Gasteiger partial charge on any atom is 0.344 e. The van der Waals surface area contributed by atoms with Crippen LogP contribution in [0.4, 0.5) is 39.8 Å². The molecule has 0 atom stereocenters. The van der Waals surface area contributed by atoms with Crippen molar-refractivity contribution in [1.82, 2.24) is 4.90 Å². The number of ether oxygens (including phenoxy) is 10. The highest BCUT2D eigenvalue weighted by atomic mass is 16.7. The number of rotatable bonds is 27. The summed E-state index contributed by atoms with van der Waals surface area (Å²) < 4.78 is 47.4. The number of carboxylic acid groups (broad SMARTS) is 1. The number of esters is 4. The number of nitrogens with zero attached hydrogens (tertiary/aromatic N) is 8. The lowest BCUT2D eigenvalue weighted by atomic mass is 10.1. The van der Waals surface area contributed by atoms with Crippen LogP contribution in [0.25, 0.3) is 6.08 Å². The average Bonchev–Trinajstić information content (AvgIpc) is 0.828. The van der Waals surface area contributed by atoms with Gasteiger partial charge in [0.05, 0.1) is 96.3 Å². The summed E-state index contributed by atoms with van der Waals surface area (Å²) in [7, 11) is 16.2. The molecule has 0 aliphatic rings. The molecule has 7 rings (SSSR count). The molecule has 0 aliphatic carbocycles. The van der Waals surface area contributed by atoms with Crippen molar-refractivity contribution in [3.05, 3.63) is 282 Å². The largest absolute Gasteiger partial charge is 0.477 e. The summed E-state index contributed by atoms with van der Waals surface area (Å²) in [6.45, 7) is 1.57. The second-order valence-corrected chi connectivity index (χ2v) is 21.2. The molecule has 5 N–H and O–H groups in total. The van der Waals surface area contributed by atoms with Crippen LogP contribution in [0.15, 0.2) is 134 Å². The molecule has 0 aliphatic heterocycles. The van der Waals surface area contributed by atoms with E-state index in [9.17, 15) is 114 Å². The average molecular weight is 1590 g/mol. The van der Waals surface area contributed by atoms with Gasteiger partial charge >= 0.3 is 29.8 Å². The summed E-state index contributed by atoms with van der Waals surface area (Å²) in [5, 5.41) is 84.8. The van der Waals surface area contributed by atoms with Gasteiger partial charge in [0.1, 0.15) is 38.9 Å². The molecular formula is C69H72N10O34. The molecule has 0 unspecified atom stereocenters. The van der Waals surface area contributed by atoms with Gasteiger partial charge in [0.2, 0.25) is 0 Å². The fraction of sp³-hybridized carbons (Fsp3) is 0.232. The molecule has 602 valence electrons. The molecule has 0 saturated carbocycles. The molecular weight excluding hydrogens is 1510 g/mol. The standard InChI is InChI=1S/C12H14N2O4.C11H13NO6.C10H12N2O5.C10H11NO6.C9H7NO5.C9H9NO4.C8H6N2O4/c1-13(2)8-7-9-5-4-6-10(12(15)18-3)11(9)14(16)17;1-16-10(13)7-5-4-6-8(9(7)12(14)15)11(17-2)18-3;1-16-10(17-2)7-5-3-4-6(9(11)13)8(7)12(14)15;1-16-10(17-2)7-5-3-4-6(9(12)13)8(7)11(14)15;1-15-9(12)7-4-2-3-6(5-11)8(7)10(13)14;1-6-4-3-5-7(9(11)14-2)8(6)10(12)13;9-8(12)6-3-1-2-5(4-11)7(6)10(13)14/h4-8H,1-3H3;4-6,11H,1-3H3;3-5,10H,1-2H3,(H2,11,13);3-5,10H,1-2H3,(H,12,13);2-5H,1H3;3-5H,1-2H3;1-4H,(H2,9,12)/b8-7+;;;;;;. The van der Waals surface area contributed by atoms with Crippen molar-refractivity contribution < 1.29 is 130 Å². The number of benzene rings is 7. The lowest BCUT2D eigenvalue weighted by molar-refractivity contribution is -0.387. The number of aldehydes is 2. The minimum absolute atomic E-state index is 0.0162. The fourth-order valence-corrected chi connectivity index (χ4v) is 9.34. The highest BCUT2D eigenvalue weighted by Crippen LogP contribution is 2.35. The van der Waals surface area contributed by atoms with Crippen LogP contribution < -0.4 is 11.5 Å². The number of carbonyl (C=O) groups excluding carboxylic acids is 8. The lowest BCUT2D eigenvalue weighted by Crippen LogP contribution is -2.16. The van der Waals surface area contributed by atoms with Crippen LogP contribution in [-0.4, -0.2) is 184 Å². The maximum absolute atomic E-state index is 11.5. The van der Waals surface area contributed by atoms with E-state index in [1.165, 1.54) is 154 Å². The second-order valence-electron chi connectivity index (χ2n) is 21.2. The summed E-state index contributed by atoms with van der Waals surface area (Å²) in [5.41, 5.74) is 6.78. The Balaban J connectivity index is 0.000000660. The van der Waals surface area contributed by atoms with E-state index >= 15 is 0 Å². The number of nitro groups is 7. The number of hydrogen-bond acceptors (Lipinski definition) is 34. The zero-order valence-electron chi connectivity index (χ0n) is 61.8. The van der Waals surface area contributed by atoms with Gasteiger partial charge in [0.15, 0.2) is 31.4 Å². The zero-order chi connectivity index (χ0) is 86.3. The Labute approximate surface area is 637 Å². The molecule has 44 nitrogen and oxygen atoms in total. The molecule has 0 fully saturated rings. The number of hydrogen-bond donors (Lipinski definition) is 3. The topological polar surface area (TPSA) is 623 Å². The molecule has 0 heterocycles. The van der Waals surface area contributed by atoms with Crippen molar-refractivity contribution in [2.45, 2.75) is 25.8 Å². The Morgan fingerprint density at radius 2 is 0.584 bits per heavy atom. The number of aryl methyl sites for hydroxylation is 1. The monoisotopic (exact) mass is 1580 g/mol. The molecule has 7 aromatic carbocycles. The number of aromatic carboxylic acids is 1. The number of carboxylic acids is 1. The van der Waals surface area contributed by atoms with E-state index in [2.05, 4.69) is 18.9 Å². The highest BCUT2D eigenvalue weighted by molar-refractivity contribution is 6.01. The van der Waals surface area contributed by atoms with Gasteiger partial charge in [-0.25, -0.2) is 24.0 Å². The third kappa shape index (κ3) is 27.2.